The Hall–Kier alpha value is -1.51. The SMILES string of the molecule is C[C@H]1C(c2ccccc2)NC(=O)N1C. The number of rotatable bonds is 1. The third-order valence-corrected chi connectivity index (χ3v) is 2.85. The van der Waals surface area contributed by atoms with Gasteiger partial charge >= 0.3 is 6.03 Å². The molecule has 0 bridgehead atoms. The molecule has 1 N–H and O–H groups in total. The largest absolute Gasteiger partial charge is 0.329 e. The lowest BCUT2D eigenvalue weighted by Gasteiger charge is -2.18. The van der Waals surface area contributed by atoms with E-state index < -0.39 is 0 Å². The topological polar surface area (TPSA) is 32.3 Å². The van der Waals surface area contributed by atoms with Gasteiger partial charge in [-0.15, -0.1) is 0 Å². The van der Waals surface area contributed by atoms with Crippen LogP contribution in [0.1, 0.15) is 18.5 Å². The molecule has 2 atom stereocenters. The lowest BCUT2D eigenvalue weighted by molar-refractivity contribution is 0.218. The summed E-state index contributed by atoms with van der Waals surface area (Å²) in [5, 5.41) is 2.96. The van der Waals surface area contributed by atoms with E-state index in [0.717, 1.165) is 5.56 Å². The maximum Gasteiger partial charge on any atom is 0.318 e. The van der Waals surface area contributed by atoms with E-state index in [1.165, 1.54) is 0 Å². The molecule has 3 nitrogen and oxygen atoms in total. The quantitative estimate of drug-likeness (QED) is 0.719. The molecule has 1 aliphatic rings. The van der Waals surface area contributed by atoms with Crippen LogP contribution in [0.15, 0.2) is 30.3 Å². The van der Waals surface area contributed by atoms with E-state index in [9.17, 15) is 4.79 Å². The number of carbonyl (C=O) groups is 1. The minimum atomic E-state index is 0.00588. The number of hydrogen-bond acceptors (Lipinski definition) is 1. The van der Waals surface area contributed by atoms with Gasteiger partial charge in [0.05, 0.1) is 12.1 Å². The number of carbonyl (C=O) groups excluding carboxylic acids is 1. The fourth-order valence-corrected chi connectivity index (χ4v) is 1.79. The molecular weight excluding hydrogens is 176 g/mol. The van der Waals surface area contributed by atoms with Crippen LogP contribution in [0.25, 0.3) is 0 Å². The van der Waals surface area contributed by atoms with E-state index in [1.807, 2.05) is 37.4 Å². The smallest absolute Gasteiger partial charge is 0.318 e. The Morgan fingerprint density at radius 3 is 2.43 bits per heavy atom. The average Bonchev–Trinajstić information content (AvgIpc) is 2.47. The zero-order chi connectivity index (χ0) is 10.1. The summed E-state index contributed by atoms with van der Waals surface area (Å²) in [6.45, 7) is 2.05. The van der Waals surface area contributed by atoms with Gasteiger partial charge in [-0.25, -0.2) is 4.79 Å². The third kappa shape index (κ3) is 1.35. The Balaban J connectivity index is 2.26. The Kier molecular flexibility index (Phi) is 2.15. The zero-order valence-corrected chi connectivity index (χ0v) is 8.40. The van der Waals surface area contributed by atoms with E-state index in [-0.39, 0.29) is 18.1 Å². The van der Waals surface area contributed by atoms with Gasteiger partial charge in [0.15, 0.2) is 0 Å². The number of hydrogen-bond donors (Lipinski definition) is 1. The van der Waals surface area contributed by atoms with Crippen LogP contribution in [0.2, 0.25) is 0 Å². The lowest BCUT2D eigenvalue weighted by atomic mass is 10.0. The lowest BCUT2D eigenvalue weighted by Crippen LogP contribution is -2.27. The molecule has 2 amide bonds. The second-order valence-electron chi connectivity index (χ2n) is 3.69. The standard InChI is InChI=1S/C11H14N2O/c1-8-10(12-11(14)13(8)2)9-6-4-3-5-7-9/h3-8,10H,1-2H3,(H,12,14)/t8-,10?/m0/s1. The third-order valence-electron chi connectivity index (χ3n) is 2.85. The highest BCUT2D eigenvalue weighted by atomic mass is 16.2. The van der Waals surface area contributed by atoms with Crippen LogP contribution in [0, 0.1) is 0 Å². The second-order valence-corrected chi connectivity index (χ2v) is 3.69. The van der Waals surface area contributed by atoms with Crippen molar-refractivity contribution in [2.75, 3.05) is 7.05 Å². The van der Waals surface area contributed by atoms with Crippen molar-refractivity contribution in [2.24, 2.45) is 0 Å². The van der Waals surface area contributed by atoms with Gasteiger partial charge in [0.1, 0.15) is 0 Å². The summed E-state index contributed by atoms with van der Waals surface area (Å²) in [4.78, 5) is 13.1. The van der Waals surface area contributed by atoms with E-state index in [2.05, 4.69) is 12.2 Å². The summed E-state index contributed by atoms with van der Waals surface area (Å²) in [5.41, 5.74) is 1.16. The minimum Gasteiger partial charge on any atom is -0.329 e. The monoisotopic (exact) mass is 190 g/mol. The minimum absolute atomic E-state index is 0.00588. The number of nitrogens with one attached hydrogen (secondary N) is 1. The number of nitrogens with zero attached hydrogens (tertiary/aromatic N) is 1. The van der Waals surface area contributed by atoms with Crippen LogP contribution in [-0.2, 0) is 0 Å². The molecule has 1 aliphatic heterocycles. The van der Waals surface area contributed by atoms with Gasteiger partial charge in [-0.05, 0) is 12.5 Å². The summed E-state index contributed by atoms with van der Waals surface area (Å²) < 4.78 is 0. The van der Waals surface area contributed by atoms with E-state index in [0.29, 0.717) is 0 Å². The number of likely N-dealkylation sites (N-methyl/N-ethyl adjacent to an activating group) is 1. The van der Waals surface area contributed by atoms with Crippen LogP contribution in [-0.4, -0.2) is 24.0 Å². The van der Waals surface area contributed by atoms with E-state index in [4.69, 9.17) is 0 Å². The van der Waals surface area contributed by atoms with Crippen molar-refractivity contribution < 1.29 is 4.79 Å². The Morgan fingerprint density at radius 1 is 1.29 bits per heavy atom. The fourth-order valence-electron chi connectivity index (χ4n) is 1.79. The van der Waals surface area contributed by atoms with Crippen LogP contribution < -0.4 is 5.32 Å². The van der Waals surface area contributed by atoms with Crippen molar-refractivity contribution >= 4 is 6.03 Å². The van der Waals surface area contributed by atoms with Gasteiger partial charge in [0.25, 0.3) is 0 Å². The van der Waals surface area contributed by atoms with Crippen LogP contribution in [0.5, 0.6) is 0 Å². The highest BCUT2D eigenvalue weighted by Gasteiger charge is 2.34. The zero-order valence-electron chi connectivity index (χ0n) is 8.40. The molecule has 1 fully saturated rings. The molecule has 0 radical (unpaired) electrons. The van der Waals surface area contributed by atoms with Crippen LogP contribution in [0.4, 0.5) is 4.79 Å². The van der Waals surface area contributed by atoms with E-state index in [1.54, 1.807) is 4.90 Å². The second kappa shape index (κ2) is 3.33. The molecule has 1 unspecified atom stereocenters. The molecule has 3 heteroatoms. The summed E-state index contributed by atoms with van der Waals surface area (Å²) >= 11 is 0. The van der Waals surface area contributed by atoms with Gasteiger partial charge in [-0.3, -0.25) is 0 Å². The van der Waals surface area contributed by atoms with Gasteiger partial charge in [0, 0.05) is 7.05 Å². The first kappa shape index (κ1) is 9.06. The average molecular weight is 190 g/mol. The molecule has 0 aromatic heterocycles. The molecule has 1 aromatic carbocycles. The van der Waals surface area contributed by atoms with E-state index >= 15 is 0 Å². The predicted molar refractivity (Wildman–Crippen MR) is 54.9 cm³/mol. The van der Waals surface area contributed by atoms with Crippen LogP contribution in [0.3, 0.4) is 0 Å². The maximum absolute atomic E-state index is 11.4. The first-order valence-corrected chi connectivity index (χ1v) is 4.78. The number of benzene rings is 1. The van der Waals surface area contributed by atoms with Crippen molar-refractivity contribution in [1.82, 2.24) is 10.2 Å². The van der Waals surface area contributed by atoms with Crippen LogP contribution >= 0.6 is 0 Å². The highest BCUT2D eigenvalue weighted by Crippen LogP contribution is 2.25. The molecule has 1 aromatic rings. The summed E-state index contributed by atoms with van der Waals surface area (Å²) in [7, 11) is 1.82. The first-order valence-electron chi connectivity index (χ1n) is 4.78. The number of urea groups is 1. The predicted octanol–water partition coefficient (Wildman–Crippen LogP) is 1.77. The highest BCUT2D eigenvalue weighted by molar-refractivity contribution is 5.77. The molecule has 0 aliphatic carbocycles. The summed E-state index contributed by atoms with van der Waals surface area (Å²) in [6, 6.07) is 10.4. The summed E-state index contributed by atoms with van der Waals surface area (Å²) in [6.07, 6.45) is 0. The fraction of sp³-hybridized carbons (Fsp3) is 0.364. The van der Waals surface area contributed by atoms with Crippen molar-refractivity contribution in [1.29, 1.82) is 0 Å². The van der Waals surface area contributed by atoms with Crippen molar-refractivity contribution in [3.8, 4) is 0 Å². The normalized spacial score (nSPS) is 26.4. The number of amides is 2. The Morgan fingerprint density at radius 2 is 1.93 bits per heavy atom. The maximum atomic E-state index is 11.4. The molecular formula is C11H14N2O. The van der Waals surface area contributed by atoms with Gasteiger partial charge in [0.2, 0.25) is 0 Å². The molecule has 0 spiro atoms. The van der Waals surface area contributed by atoms with Crippen molar-refractivity contribution in [2.45, 2.75) is 19.0 Å². The Labute approximate surface area is 83.7 Å². The molecule has 1 heterocycles. The Bertz CT molecular complexity index is 336. The van der Waals surface area contributed by atoms with Gasteiger partial charge in [-0.1, -0.05) is 30.3 Å². The van der Waals surface area contributed by atoms with Crippen molar-refractivity contribution in [3.63, 3.8) is 0 Å². The molecule has 74 valence electrons. The van der Waals surface area contributed by atoms with Gasteiger partial charge in [-0.2, -0.15) is 0 Å². The van der Waals surface area contributed by atoms with Crippen molar-refractivity contribution in [3.05, 3.63) is 35.9 Å². The molecule has 1 saturated heterocycles. The molecule has 0 saturated carbocycles. The molecule has 2 rings (SSSR count). The molecule has 14 heavy (non-hydrogen) atoms. The van der Waals surface area contributed by atoms with Gasteiger partial charge < -0.3 is 10.2 Å². The first-order chi connectivity index (χ1) is 6.70. The summed E-state index contributed by atoms with van der Waals surface area (Å²) in [5.74, 6) is 0.